The zero-order chi connectivity index (χ0) is 12.5. The summed E-state index contributed by atoms with van der Waals surface area (Å²) in [4.78, 5) is 4.36. The Bertz CT molecular complexity index is 294. The molecular formula is C14H24N2O. The standard InChI is InChI=1S/C14H24N2O/c1-4-12(5-2)11-17-14-8-7-13(16-10-14)9-15-6-3/h7-8,10,12,15H,4-6,9,11H2,1-3H3. The van der Waals surface area contributed by atoms with E-state index >= 15 is 0 Å². The number of hydrogen-bond donors (Lipinski definition) is 1. The molecule has 3 nitrogen and oxygen atoms in total. The fourth-order valence-electron chi connectivity index (χ4n) is 1.59. The Kier molecular flexibility index (Phi) is 6.63. The molecule has 1 rings (SSSR count). The SMILES string of the molecule is CCNCc1ccc(OCC(CC)CC)cn1. The summed E-state index contributed by atoms with van der Waals surface area (Å²) in [6.07, 6.45) is 4.15. The minimum atomic E-state index is 0.649. The highest BCUT2D eigenvalue weighted by molar-refractivity contribution is 5.19. The van der Waals surface area contributed by atoms with Crippen LogP contribution < -0.4 is 10.1 Å². The Hall–Kier alpha value is -1.09. The fraction of sp³-hybridized carbons (Fsp3) is 0.643. The summed E-state index contributed by atoms with van der Waals surface area (Å²) in [6.45, 7) is 9.08. The topological polar surface area (TPSA) is 34.1 Å². The lowest BCUT2D eigenvalue weighted by Gasteiger charge is -2.13. The van der Waals surface area contributed by atoms with Crippen LogP contribution in [0.5, 0.6) is 5.75 Å². The van der Waals surface area contributed by atoms with E-state index in [-0.39, 0.29) is 0 Å². The van der Waals surface area contributed by atoms with Gasteiger partial charge in [0.2, 0.25) is 0 Å². The minimum absolute atomic E-state index is 0.649. The molecule has 3 heteroatoms. The molecule has 0 saturated carbocycles. The molecule has 0 unspecified atom stereocenters. The highest BCUT2D eigenvalue weighted by Crippen LogP contribution is 2.13. The average Bonchev–Trinajstić information content (AvgIpc) is 2.39. The van der Waals surface area contributed by atoms with Crippen molar-refractivity contribution in [2.24, 2.45) is 5.92 Å². The first-order chi connectivity index (χ1) is 8.30. The quantitative estimate of drug-likeness (QED) is 0.753. The van der Waals surface area contributed by atoms with Crippen LogP contribution in [0.2, 0.25) is 0 Å². The van der Waals surface area contributed by atoms with Gasteiger partial charge in [0.15, 0.2) is 0 Å². The van der Waals surface area contributed by atoms with Gasteiger partial charge in [-0.15, -0.1) is 0 Å². The number of aromatic nitrogens is 1. The maximum Gasteiger partial charge on any atom is 0.137 e. The molecule has 1 N–H and O–H groups in total. The summed E-state index contributed by atoms with van der Waals surface area (Å²) in [7, 11) is 0. The van der Waals surface area contributed by atoms with Crippen LogP contribution in [0.4, 0.5) is 0 Å². The van der Waals surface area contributed by atoms with Crippen molar-refractivity contribution in [3.05, 3.63) is 24.0 Å². The van der Waals surface area contributed by atoms with Gasteiger partial charge in [-0.2, -0.15) is 0 Å². The summed E-state index contributed by atoms with van der Waals surface area (Å²) >= 11 is 0. The smallest absolute Gasteiger partial charge is 0.137 e. The van der Waals surface area contributed by atoms with E-state index in [0.29, 0.717) is 5.92 Å². The summed E-state index contributed by atoms with van der Waals surface area (Å²) in [6, 6.07) is 4.02. The summed E-state index contributed by atoms with van der Waals surface area (Å²) in [5.41, 5.74) is 1.06. The molecular weight excluding hydrogens is 212 g/mol. The summed E-state index contributed by atoms with van der Waals surface area (Å²) in [5, 5.41) is 3.25. The van der Waals surface area contributed by atoms with E-state index in [4.69, 9.17) is 4.74 Å². The van der Waals surface area contributed by atoms with E-state index in [0.717, 1.165) is 31.1 Å². The molecule has 0 saturated heterocycles. The molecule has 96 valence electrons. The molecule has 0 aromatic carbocycles. The molecule has 17 heavy (non-hydrogen) atoms. The van der Waals surface area contributed by atoms with Crippen molar-refractivity contribution >= 4 is 0 Å². The van der Waals surface area contributed by atoms with Gasteiger partial charge in [-0.05, 0) is 24.6 Å². The molecule has 0 spiro atoms. The van der Waals surface area contributed by atoms with E-state index in [1.165, 1.54) is 12.8 Å². The van der Waals surface area contributed by atoms with Crippen molar-refractivity contribution in [1.82, 2.24) is 10.3 Å². The van der Waals surface area contributed by atoms with Crippen LogP contribution in [0.25, 0.3) is 0 Å². The van der Waals surface area contributed by atoms with Crippen LogP contribution in [-0.2, 0) is 6.54 Å². The lowest BCUT2D eigenvalue weighted by Crippen LogP contribution is -2.13. The number of ether oxygens (including phenoxy) is 1. The van der Waals surface area contributed by atoms with E-state index in [1.54, 1.807) is 0 Å². The number of hydrogen-bond acceptors (Lipinski definition) is 3. The van der Waals surface area contributed by atoms with Crippen molar-refractivity contribution in [1.29, 1.82) is 0 Å². The second kappa shape index (κ2) is 8.07. The van der Waals surface area contributed by atoms with E-state index in [1.807, 2.05) is 18.3 Å². The van der Waals surface area contributed by atoms with Crippen LogP contribution in [0.3, 0.4) is 0 Å². The Labute approximate surface area is 105 Å². The highest BCUT2D eigenvalue weighted by Gasteiger charge is 2.04. The van der Waals surface area contributed by atoms with Crippen LogP contribution in [-0.4, -0.2) is 18.1 Å². The van der Waals surface area contributed by atoms with Gasteiger partial charge in [-0.25, -0.2) is 0 Å². The summed E-state index contributed by atoms with van der Waals surface area (Å²) < 4.78 is 5.73. The number of pyridine rings is 1. The number of rotatable bonds is 8. The Morgan fingerprint density at radius 3 is 2.53 bits per heavy atom. The van der Waals surface area contributed by atoms with Gasteiger partial charge in [0.05, 0.1) is 18.5 Å². The number of nitrogens with one attached hydrogen (secondary N) is 1. The van der Waals surface area contributed by atoms with Crippen LogP contribution in [0.1, 0.15) is 39.3 Å². The largest absolute Gasteiger partial charge is 0.492 e. The first-order valence-corrected chi connectivity index (χ1v) is 6.58. The molecule has 0 amide bonds. The zero-order valence-corrected chi connectivity index (χ0v) is 11.2. The zero-order valence-electron chi connectivity index (χ0n) is 11.2. The minimum Gasteiger partial charge on any atom is -0.492 e. The molecule has 0 aliphatic rings. The van der Waals surface area contributed by atoms with Gasteiger partial charge < -0.3 is 10.1 Å². The molecule has 1 aromatic rings. The molecule has 1 aromatic heterocycles. The Morgan fingerprint density at radius 1 is 1.24 bits per heavy atom. The van der Waals surface area contributed by atoms with Gasteiger partial charge in [0.1, 0.15) is 5.75 Å². The third-order valence-corrected chi connectivity index (χ3v) is 2.99. The van der Waals surface area contributed by atoms with Gasteiger partial charge in [-0.1, -0.05) is 33.6 Å². The predicted molar refractivity (Wildman–Crippen MR) is 71.2 cm³/mol. The van der Waals surface area contributed by atoms with Gasteiger partial charge in [0, 0.05) is 6.54 Å². The van der Waals surface area contributed by atoms with Gasteiger partial charge >= 0.3 is 0 Å². The van der Waals surface area contributed by atoms with Crippen LogP contribution in [0, 0.1) is 5.92 Å². The molecule has 0 fully saturated rings. The first-order valence-electron chi connectivity index (χ1n) is 6.58. The van der Waals surface area contributed by atoms with Gasteiger partial charge in [0.25, 0.3) is 0 Å². The average molecular weight is 236 g/mol. The van der Waals surface area contributed by atoms with Crippen molar-refractivity contribution in [3.63, 3.8) is 0 Å². The lowest BCUT2D eigenvalue weighted by molar-refractivity contribution is 0.240. The van der Waals surface area contributed by atoms with Crippen molar-refractivity contribution in [3.8, 4) is 5.75 Å². The highest BCUT2D eigenvalue weighted by atomic mass is 16.5. The first kappa shape index (κ1) is 14.0. The van der Waals surface area contributed by atoms with E-state index < -0.39 is 0 Å². The fourth-order valence-corrected chi connectivity index (χ4v) is 1.59. The normalized spacial score (nSPS) is 10.8. The molecule has 0 radical (unpaired) electrons. The summed E-state index contributed by atoms with van der Waals surface area (Å²) in [5.74, 6) is 1.52. The van der Waals surface area contributed by atoms with Gasteiger partial charge in [-0.3, -0.25) is 4.98 Å². The monoisotopic (exact) mass is 236 g/mol. The van der Waals surface area contributed by atoms with Crippen molar-refractivity contribution in [2.75, 3.05) is 13.2 Å². The Morgan fingerprint density at radius 2 is 2.00 bits per heavy atom. The molecule has 0 aliphatic heterocycles. The maximum absolute atomic E-state index is 5.73. The van der Waals surface area contributed by atoms with Crippen molar-refractivity contribution in [2.45, 2.75) is 40.2 Å². The molecule has 0 bridgehead atoms. The maximum atomic E-state index is 5.73. The second-order valence-corrected chi connectivity index (χ2v) is 4.26. The predicted octanol–water partition coefficient (Wildman–Crippen LogP) is 3.01. The van der Waals surface area contributed by atoms with Crippen LogP contribution in [0.15, 0.2) is 18.3 Å². The van der Waals surface area contributed by atoms with Crippen LogP contribution >= 0.6 is 0 Å². The number of nitrogens with zero attached hydrogens (tertiary/aromatic N) is 1. The molecule has 0 atom stereocenters. The third kappa shape index (κ3) is 5.18. The second-order valence-electron chi connectivity index (χ2n) is 4.26. The molecule has 1 heterocycles. The lowest BCUT2D eigenvalue weighted by atomic mass is 10.1. The van der Waals surface area contributed by atoms with E-state index in [2.05, 4.69) is 31.1 Å². The van der Waals surface area contributed by atoms with E-state index in [9.17, 15) is 0 Å². The molecule has 0 aliphatic carbocycles. The Balaban J connectivity index is 2.39. The third-order valence-electron chi connectivity index (χ3n) is 2.99. The van der Waals surface area contributed by atoms with Crippen molar-refractivity contribution < 1.29 is 4.74 Å².